The second kappa shape index (κ2) is 10.3. The molecule has 0 amide bonds. The Hall–Kier alpha value is -1.55. The van der Waals surface area contributed by atoms with Gasteiger partial charge in [0.25, 0.3) is 0 Å². The molecule has 1 saturated carbocycles. The molecule has 24 heavy (non-hydrogen) atoms. The van der Waals surface area contributed by atoms with Gasteiger partial charge < -0.3 is 15.4 Å². The van der Waals surface area contributed by atoms with E-state index < -0.39 is 0 Å². The van der Waals surface area contributed by atoms with E-state index in [1.807, 2.05) is 0 Å². The summed E-state index contributed by atoms with van der Waals surface area (Å²) in [5.41, 5.74) is 1.80. The summed E-state index contributed by atoms with van der Waals surface area (Å²) in [5, 5.41) is 6.82. The smallest absolute Gasteiger partial charge is 0.191 e. The van der Waals surface area contributed by atoms with Gasteiger partial charge in [0, 0.05) is 32.8 Å². The van der Waals surface area contributed by atoms with Gasteiger partial charge in [-0.2, -0.15) is 0 Å². The minimum absolute atomic E-state index is 0.404. The van der Waals surface area contributed by atoms with Crippen LogP contribution in [0.5, 0.6) is 0 Å². The number of nitrogens with one attached hydrogen (secondary N) is 2. The molecule has 4 nitrogen and oxygen atoms in total. The van der Waals surface area contributed by atoms with Gasteiger partial charge in [-0.05, 0) is 56.9 Å². The number of benzene rings is 1. The van der Waals surface area contributed by atoms with E-state index in [2.05, 4.69) is 54.8 Å². The Morgan fingerprint density at radius 1 is 1.17 bits per heavy atom. The van der Waals surface area contributed by atoms with Crippen molar-refractivity contribution in [1.82, 2.24) is 10.6 Å². The fourth-order valence-electron chi connectivity index (χ4n) is 2.83. The minimum Gasteiger partial charge on any atom is -0.382 e. The Bertz CT molecular complexity index is 483. The van der Waals surface area contributed by atoms with Crippen LogP contribution < -0.4 is 10.6 Å². The predicted molar refractivity (Wildman–Crippen MR) is 102 cm³/mol. The molecule has 0 unspecified atom stereocenters. The van der Waals surface area contributed by atoms with Gasteiger partial charge in [-0.15, -0.1) is 0 Å². The van der Waals surface area contributed by atoms with E-state index in [9.17, 15) is 0 Å². The fraction of sp³-hybridized carbons (Fsp3) is 0.650. The normalized spacial score (nSPS) is 16.0. The Kier molecular flexibility index (Phi) is 8.10. The molecule has 0 spiro atoms. The largest absolute Gasteiger partial charge is 0.382 e. The summed E-state index contributed by atoms with van der Waals surface area (Å²) in [6.45, 7) is 8.61. The number of hydrogen-bond acceptors (Lipinski definition) is 2. The van der Waals surface area contributed by atoms with E-state index in [0.717, 1.165) is 58.1 Å². The third-order valence-corrected chi connectivity index (χ3v) is 4.63. The van der Waals surface area contributed by atoms with Crippen LogP contribution in [0.3, 0.4) is 0 Å². The molecule has 134 valence electrons. The van der Waals surface area contributed by atoms with Crippen LogP contribution in [-0.2, 0) is 11.2 Å². The molecule has 4 heteroatoms. The molecule has 0 aromatic heterocycles. The summed E-state index contributed by atoms with van der Waals surface area (Å²) < 4.78 is 5.51. The van der Waals surface area contributed by atoms with Gasteiger partial charge in [0.2, 0.25) is 0 Å². The highest BCUT2D eigenvalue weighted by atomic mass is 16.5. The van der Waals surface area contributed by atoms with E-state index in [-0.39, 0.29) is 0 Å². The summed E-state index contributed by atoms with van der Waals surface area (Å²) in [4.78, 5) is 4.81. The van der Waals surface area contributed by atoms with Gasteiger partial charge >= 0.3 is 0 Å². The van der Waals surface area contributed by atoms with Gasteiger partial charge in [-0.3, -0.25) is 4.99 Å². The van der Waals surface area contributed by atoms with E-state index in [4.69, 9.17) is 9.73 Å². The first-order valence-corrected chi connectivity index (χ1v) is 9.42. The maximum absolute atomic E-state index is 5.51. The van der Waals surface area contributed by atoms with Crippen LogP contribution in [0.1, 0.15) is 45.1 Å². The van der Waals surface area contributed by atoms with Crippen molar-refractivity contribution in [2.45, 2.75) is 46.0 Å². The SMILES string of the molecule is CCNC(=NCC1(CCOCC)CC1)NCCCc1ccccc1. The van der Waals surface area contributed by atoms with Gasteiger partial charge in [-0.1, -0.05) is 30.3 Å². The van der Waals surface area contributed by atoms with Crippen LogP contribution in [0.25, 0.3) is 0 Å². The van der Waals surface area contributed by atoms with Crippen molar-refractivity contribution in [2.75, 3.05) is 32.8 Å². The molecule has 0 radical (unpaired) electrons. The van der Waals surface area contributed by atoms with E-state index in [0.29, 0.717) is 5.41 Å². The number of aryl methyl sites for hydroxylation is 1. The molecule has 1 fully saturated rings. The number of nitrogens with zero attached hydrogens (tertiary/aromatic N) is 1. The maximum Gasteiger partial charge on any atom is 0.191 e. The highest BCUT2D eigenvalue weighted by molar-refractivity contribution is 5.79. The topological polar surface area (TPSA) is 45.7 Å². The number of hydrogen-bond donors (Lipinski definition) is 2. The zero-order chi connectivity index (χ0) is 17.1. The molecule has 0 bridgehead atoms. The molecule has 1 aliphatic rings. The van der Waals surface area contributed by atoms with Crippen molar-refractivity contribution in [1.29, 1.82) is 0 Å². The zero-order valence-electron chi connectivity index (χ0n) is 15.3. The number of aliphatic imine (C=N–C) groups is 1. The highest BCUT2D eigenvalue weighted by Gasteiger charge is 2.41. The lowest BCUT2D eigenvalue weighted by atomic mass is 10.0. The average Bonchev–Trinajstić information content (AvgIpc) is 3.38. The first-order chi connectivity index (χ1) is 11.8. The monoisotopic (exact) mass is 331 g/mol. The van der Waals surface area contributed by atoms with Crippen molar-refractivity contribution in [3.8, 4) is 0 Å². The first-order valence-electron chi connectivity index (χ1n) is 9.42. The Labute approximate surface area is 147 Å². The van der Waals surface area contributed by atoms with Gasteiger partial charge in [-0.25, -0.2) is 0 Å². The maximum atomic E-state index is 5.51. The molecule has 1 aromatic carbocycles. The fourth-order valence-corrected chi connectivity index (χ4v) is 2.83. The lowest BCUT2D eigenvalue weighted by Crippen LogP contribution is -2.38. The molecule has 1 aromatic rings. The summed E-state index contributed by atoms with van der Waals surface area (Å²) in [6.07, 6.45) is 5.93. The third-order valence-electron chi connectivity index (χ3n) is 4.63. The zero-order valence-corrected chi connectivity index (χ0v) is 15.3. The molecule has 0 atom stereocenters. The molecular weight excluding hydrogens is 298 g/mol. The van der Waals surface area contributed by atoms with Crippen LogP contribution in [0.4, 0.5) is 0 Å². The molecule has 2 rings (SSSR count). The Morgan fingerprint density at radius 2 is 1.96 bits per heavy atom. The van der Waals surface area contributed by atoms with Crippen LogP contribution >= 0.6 is 0 Å². The molecule has 0 saturated heterocycles. The molecule has 0 heterocycles. The third kappa shape index (κ3) is 6.91. The van der Waals surface area contributed by atoms with Crippen LogP contribution in [0.15, 0.2) is 35.3 Å². The van der Waals surface area contributed by atoms with Crippen LogP contribution in [0.2, 0.25) is 0 Å². The quantitative estimate of drug-likeness (QED) is 0.371. The summed E-state index contributed by atoms with van der Waals surface area (Å²) in [5.74, 6) is 0.952. The van der Waals surface area contributed by atoms with Gasteiger partial charge in [0.15, 0.2) is 5.96 Å². The predicted octanol–water partition coefficient (Wildman–Crippen LogP) is 3.38. The summed E-state index contributed by atoms with van der Waals surface area (Å²) in [6, 6.07) is 10.7. The minimum atomic E-state index is 0.404. The van der Waals surface area contributed by atoms with Crippen molar-refractivity contribution >= 4 is 5.96 Å². The number of guanidine groups is 1. The van der Waals surface area contributed by atoms with Crippen LogP contribution in [-0.4, -0.2) is 38.8 Å². The van der Waals surface area contributed by atoms with Crippen molar-refractivity contribution in [3.05, 3.63) is 35.9 Å². The Morgan fingerprint density at radius 3 is 2.62 bits per heavy atom. The summed E-state index contributed by atoms with van der Waals surface area (Å²) in [7, 11) is 0. The molecule has 0 aliphatic heterocycles. The number of rotatable bonds is 11. The van der Waals surface area contributed by atoms with E-state index in [1.54, 1.807) is 0 Å². The number of ether oxygens (including phenoxy) is 1. The lowest BCUT2D eigenvalue weighted by molar-refractivity contribution is 0.129. The Balaban J connectivity index is 1.70. The second-order valence-corrected chi connectivity index (χ2v) is 6.66. The second-order valence-electron chi connectivity index (χ2n) is 6.66. The average molecular weight is 332 g/mol. The summed E-state index contributed by atoms with van der Waals surface area (Å²) >= 11 is 0. The standard InChI is InChI=1S/C20H33N3O/c1-3-21-19(22-15-8-11-18-9-6-5-7-10-18)23-17-20(12-13-20)14-16-24-4-2/h5-7,9-10H,3-4,8,11-17H2,1-2H3,(H2,21,22,23). The van der Waals surface area contributed by atoms with E-state index in [1.165, 1.54) is 18.4 Å². The van der Waals surface area contributed by atoms with Gasteiger partial charge in [0.05, 0.1) is 0 Å². The van der Waals surface area contributed by atoms with Crippen LogP contribution in [0, 0.1) is 5.41 Å². The van der Waals surface area contributed by atoms with Gasteiger partial charge in [0.1, 0.15) is 0 Å². The van der Waals surface area contributed by atoms with E-state index >= 15 is 0 Å². The molecule has 2 N–H and O–H groups in total. The highest BCUT2D eigenvalue weighted by Crippen LogP contribution is 2.48. The molecule has 1 aliphatic carbocycles. The lowest BCUT2D eigenvalue weighted by Gasteiger charge is -2.15. The van der Waals surface area contributed by atoms with Crippen molar-refractivity contribution in [3.63, 3.8) is 0 Å². The first kappa shape index (κ1) is 18.8. The van der Waals surface area contributed by atoms with Crippen molar-refractivity contribution < 1.29 is 4.74 Å². The molecular formula is C20H33N3O. The van der Waals surface area contributed by atoms with Crippen molar-refractivity contribution in [2.24, 2.45) is 10.4 Å².